The molecule has 0 spiro atoms. The van der Waals surface area contributed by atoms with Gasteiger partial charge in [-0.2, -0.15) is 11.8 Å². The third kappa shape index (κ3) is 5.50. The summed E-state index contributed by atoms with van der Waals surface area (Å²) < 4.78 is 0. The number of thioether (sulfide) groups is 1. The van der Waals surface area contributed by atoms with Gasteiger partial charge in [0.15, 0.2) is 0 Å². The van der Waals surface area contributed by atoms with Crippen molar-refractivity contribution in [3.8, 4) is 0 Å². The number of piperidine rings is 1. The number of rotatable bonds is 6. The van der Waals surface area contributed by atoms with E-state index in [0.717, 1.165) is 36.0 Å². The Morgan fingerprint density at radius 1 is 1.19 bits per heavy atom. The van der Waals surface area contributed by atoms with Crippen molar-refractivity contribution in [3.05, 3.63) is 65.2 Å². The molecule has 0 unspecified atom stereocenters. The molecule has 2 aromatic rings. The Morgan fingerprint density at radius 2 is 1.92 bits per heavy atom. The molecule has 0 saturated carbocycles. The second kappa shape index (κ2) is 9.45. The number of carbonyl (C=O) groups is 1. The highest BCUT2D eigenvalue weighted by molar-refractivity contribution is 7.99. The molecule has 0 bridgehead atoms. The van der Waals surface area contributed by atoms with Gasteiger partial charge < -0.3 is 10.2 Å². The molecule has 0 aromatic heterocycles. The Bertz CT molecular complexity index is 708. The second-order valence-electron chi connectivity index (χ2n) is 6.90. The number of para-hydroxylation sites is 1. The Balaban J connectivity index is 1.53. The molecule has 138 valence electrons. The lowest BCUT2D eigenvalue weighted by Crippen LogP contribution is -2.38. The van der Waals surface area contributed by atoms with Gasteiger partial charge in [0.2, 0.25) is 5.91 Å². The van der Waals surface area contributed by atoms with E-state index in [9.17, 15) is 4.79 Å². The topological polar surface area (TPSA) is 32.3 Å². The summed E-state index contributed by atoms with van der Waals surface area (Å²) in [4.78, 5) is 14.5. The fourth-order valence-electron chi connectivity index (χ4n) is 3.55. The van der Waals surface area contributed by atoms with E-state index in [0.29, 0.717) is 17.6 Å². The van der Waals surface area contributed by atoms with Gasteiger partial charge in [0.25, 0.3) is 0 Å². The summed E-state index contributed by atoms with van der Waals surface area (Å²) in [6, 6.07) is 17.9. The molecule has 1 heterocycles. The minimum absolute atomic E-state index is 0.0633. The Morgan fingerprint density at radius 3 is 2.65 bits per heavy atom. The van der Waals surface area contributed by atoms with Gasteiger partial charge in [0, 0.05) is 17.3 Å². The minimum Gasteiger partial charge on any atom is -0.325 e. The zero-order valence-electron chi connectivity index (χ0n) is 15.0. The fraction of sp³-hybridized carbons (Fsp3) is 0.381. The van der Waals surface area contributed by atoms with Crippen LogP contribution in [0.1, 0.15) is 17.9 Å². The molecule has 3 rings (SSSR count). The average molecular weight is 389 g/mol. The first-order chi connectivity index (χ1) is 12.6. The lowest BCUT2D eigenvalue weighted by molar-refractivity contribution is -0.113. The molecule has 0 radical (unpaired) electrons. The van der Waals surface area contributed by atoms with Gasteiger partial charge in [-0.1, -0.05) is 41.9 Å². The monoisotopic (exact) mass is 388 g/mol. The van der Waals surface area contributed by atoms with Crippen LogP contribution in [0.25, 0.3) is 0 Å². The molecule has 1 N–H and O–H groups in total. The fourth-order valence-corrected chi connectivity index (χ4v) is 4.70. The second-order valence-corrected chi connectivity index (χ2v) is 8.37. The van der Waals surface area contributed by atoms with Crippen LogP contribution in [-0.4, -0.2) is 42.4 Å². The third-order valence-electron chi connectivity index (χ3n) is 4.86. The number of nitrogens with zero attached hydrogens (tertiary/aromatic N) is 1. The average Bonchev–Trinajstić information content (AvgIpc) is 2.64. The van der Waals surface area contributed by atoms with E-state index >= 15 is 0 Å². The van der Waals surface area contributed by atoms with Gasteiger partial charge in [-0.15, -0.1) is 0 Å². The van der Waals surface area contributed by atoms with Gasteiger partial charge >= 0.3 is 0 Å². The molecule has 26 heavy (non-hydrogen) atoms. The molecule has 2 atom stereocenters. The van der Waals surface area contributed by atoms with E-state index in [2.05, 4.69) is 29.4 Å². The molecule has 2 aromatic carbocycles. The normalized spacial score (nSPS) is 20.7. The minimum atomic E-state index is 0.0633. The molecular weight excluding hydrogens is 364 g/mol. The lowest BCUT2D eigenvalue weighted by Gasteiger charge is -2.37. The summed E-state index contributed by atoms with van der Waals surface area (Å²) in [6.07, 6.45) is 1.15. The van der Waals surface area contributed by atoms with Crippen LogP contribution in [0.4, 0.5) is 5.69 Å². The van der Waals surface area contributed by atoms with Crippen molar-refractivity contribution in [2.45, 2.75) is 12.3 Å². The van der Waals surface area contributed by atoms with Crippen molar-refractivity contribution in [1.29, 1.82) is 0 Å². The molecule has 3 nitrogen and oxygen atoms in total. The summed E-state index contributed by atoms with van der Waals surface area (Å²) in [7, 11) is 2.18. The van der Waals surface area contributed by atoms with Crippen LogP contribution in [-0.2, 0) is 4.79 Å². The molecule has 0 aliphatic carbocycles. The van der Waals surface area contributed by atoms with Crippen molar-refractivity contribution in [2.75, 3.05) is 37.0 Å². The molecule has 1 saturated heterocycles. The first kappa shape index (κ1) is 19.3. The highest BCUT2D eigenvalue weighted by Gasteiger charge is 2.29. The summed E-state index contributed by atoms with van der Waals surface area (Å²) >= 11 is 7.76. The van der Waals surface area contributed by atoms with Crippen LogP contribution in [0.5, 0.6) is 0 Å². The quantitative estimate of drug-likeness (QED) is 0.775. The van der Waals surface area contributed by atoms with E-state index in [4.69, 9.17) is 11.6 Å². The van der Waals surface area contributed by atoms with Crippen LogP contribution >= 0.6 is 23.4 Å². The van der Waals surface area contributed by atoms with Crippen LogP contribution < -0.4 is 5.32 Å². The molecule has 1 fully saturated rings. The number of nitrogens with one attached hydrogen (secondary N) is 1. The molecule has 1 aliphatic heterocycles. The Labute approximate surface area is 165 Å². The van der Waals surface area contributed by atoms with Crippen molar-refractivity contribution in [2.24, 2.45) is 5.92 Å². The highest BCUT2D eigenvalue weighted by Crippen LogP contribution is 2.35. The predicted octanol–water partition coefficient (Wildman–Crippen LogP) is 4.75. The molecule has 5 heteroatoms. The van der Waals surface area contributed by atoms with E-state index < -0.39 is 0 Å². The van der Waals surface area contributed by atoms with Gasteiger partial charge in [0.05, 0.1) is 5.75 Å². The van der Waals surface area contributed by atoms with Crippen molar-refractivity contribution in [1.82, 2.24) is 4.90 Å². The van der Waals surface area contributed by atoms with Crippen molar-refractivity contribution >= 4 is 35.0 Å². The van der Waals surface area contributed by atoms with Crippen molar-refractivity contribution < 1.29 is 4.79 Å². The maximum atomic E-state index is 12.2. The maximum Gasteiger partial charge on any atom is 0.234 e. The number of amides is 1. The lowest BCUT2D eigenvalue weighted by atomic mass is 9.81. The number of hydrogen-bond acceptors (Lipinski definition) is 3. The number of anilines is 1. The molecule has 1 amide bonds. The van der Waals surface area contributed by atoms with E-state index in [1.165, 1.54) is 5.56 Å². The van der Waals surface area contributed by atoms with Crippen LogP contribution in [0.2, 0.25) is 5.02 Å². The first-order valence-electron chi connectivity index (χ1n) is 8.98. The summed E-state index contributed by atoms with van der Waals surface area (Å²) in [5.41, 5.74) is 2.22. The van der Waals surface area contributed by atoms with E-state index in [1.807, 2.05) is 42.5 Å². The molecular formula is C21H25ClN2OS. The number of hydrogen-bond donors (Lipinski definition) is 1. The van der Waals surface area contributed by atoms with Gasteiger partial charge in [-0.05, 0) is 67.4 Å². The zero-order valence-corrected chi connectivity index (χ0v) is 16.6. The smallest absolute Gasteiger partial charge is 0.234 e. The first-order valence-corrected chi connectivity index (χ1v) is 10.5. The van der Waals surface area contributed by atoms with E-state index in [1.54, 1.807) is 11.8 Å². The SMILES string of the molecule is CN1CC[C@@H](c2ccc(Cl)cc2)[C@@H](CSCC(=O)Nc2ccccc2)C1. The Hall–Kier alpha value is -1.49. The van der Waals surface area contributed by atoms with E-state index in [-0.39, 0.29) is 5.91 Å². The maximum absolute atomic E-state index is 12.2. The summed E-state index contributed by atoms with van der Waals surface area (Å²) in [5, 5.41) is 3.74. The summed E-state index contributed by atoms with van der Waals surface area (Å²) in [5.74, 6) is 2.62. The van der Waals surface area contributed by atoms with Crippen molar-refractivity contribution in [3.63, 3.8) is 0 Å². The standard InChI is InChI=1S/C21H25ClN2OS/c1-24-12-11-20(16-7-9-18(22)10-8-16)17(13-24)14-26-15-21(25)23-19-5-3-2-4-6-19/h2-10,17,20H,11-15H2,1H3,(H,23,25)/t17-,20+/m1/s1. The largest absolute Gasteiger partial charge is 0.325 e. The third-order valence-corrected chi connectivity index (χ3v) is 6.24. The van der Waals surface area contributed by atoms with Gasteiger partial charge in [-0.25, -0.2) is 0 Å². The number of likely N-dealkylation sites (tertiary alicyclic amines) is 1. The summed E-state index contributed by atoms with van der Waals surface area (Å²) in [6.45, 7) is 2.18. The van der Waals surface area contributed by atoms with Crippen LogP contribution in [0.3, 0.4) is 0 Å². The van der Waals surface area contributed by atoms with Crippen LogP contribution in [0, 0.1) is 5.92 Å². The van der Waals surface area contributed by atoms with Crippen LogP contribution in [0.15, 0.2) is 54.6 Å². The van der Waals surface area contributed by atoms with Gasteiger partial charge in [0.1, 0.15) is 0 Å². The van der Waals surface area contributed by atoms with Gasteiger partial charge in [-0.3, -0.25) is 4.79 Å². The Kier molecular flexibility index (Phi) is 7.00. The molecule has 1 aliphatic rings. The number of carbonyl (C=O) groups excluding carboxylic acids is 1. The number of benzene rings is 2. The predicted molar refractivity (Wildman–Crippen MR) is 112 cm³/mol. The highest BCUT2D eigenvalue weighted by atomic mass is 35.5. The number of halogens is 1. The zero-order chi connectivity index (χ0) is 18.4.